The highest BCUT2D eigenvalue weighted by atomic mass is 16.6. The van der Waals surface area contributed by atoms with Gasteiger partial charge >= 0.3 is 5.69 Å². The van der Waals surface area contributed by atoms with E-state index >= 15 is 0 Å². The van der Waals surface area contributed by atoms with Gasteiger partial charge in [0, 0.05) is 25.7 Å². The molecule has 1 aliphatic heterocycles. The fraction of sp³-hybridized carbons (Fsp3) is 0.667. The summed E-state index contributed by atoms with van der Waals surface area (Å²) in [7, 11) is 0. The highest BCUT2D eigenvalue weighted by Gasteiger charge is 2.24. The largest absolute Gasteiger partial charge is 0.370 e. The maximum absolute atomic E-state index is 11.3. The van der Waals surface area contributed by atoms with Gasteiger partial charge < -0.3 is 10.2 Å². The summed E-state index contributed by atoms with van der Waals surface area (Å²) < 4.78 is 0. The number of rotatable bonds is 5. The number of nitro groups is 1. The topological polar surface area (TPSA) is 71.3 Å². The van der Waals surface area contributed by atoms with Crippen molar-refractivity contribution in [3.63, 3.8) is 0 Å². The highest BCUT2D eigenvalue weighted by molar-refractivity contribution is 5.61. The summed E-state index contributed by atoms with van der Waals surface area (Å²) in [4.78, 5) is 17.5. The first-order valence-electron chi connectivity index (χ1n) is 7.76. The van der Waals surface area contributed by atoms with Crippen LogP contribution in [0.25, 0.3) is 0 Å². The van der Waals surface area contributed by atoms with Crippen LogP contribution < -0.4 is 10.2 Å². The first-order valence-corrected chi connectivity index (χ1v) is 7.76. The predicted octanol–water partition coefficient (Wildman–Crippen LogP) is 3.44. The zero-order valence-corrected chi connectivity index (χ0v) is 12.8. The maximum atomic E-state index is 11.3. The lowest BCUT2D eigenvalue weighted by molar-refractivity contribution is -0.384. The molecule has 1 N–H and O–H groups in total. The number of nitrogens with one attached hydrogen (secondary N) is 1. The minimum Gasteiger partial charge on any atom is -0.370 e. The number of anilines is 2. The van der Waals surface area contributed by atoms with Crippen LogP contribution in [0.3, 0.4) is 0 Å². The van der Waals surface area contributed by atoms with Crippen molar-refractivity contribution in [2.75, 3.05) is 29.9 Å². The van der Waals surface area contributed by atoms with E-state index in [1.54, 1.807) is 12.1 Å². The molecule has 116 valence electrons. The van der Waals surface area contributed by atoms with Crippen molar-refractivity contribution in [2.24, 2.45) is 5.92 Å². The molecule has 0 saturated carbocycles. The van der Waals surface area contributed by atoms with E-state index in [0.717, 1.165) is 44.7 Å². The van der Waals surface area contributed by atoms with E-state index in [0.29, 0.717) is 11.7 Å². The summed E-state index contributed by atoms with van der Waals surface area (Å²) in [6.45, 7) is 6.82. The third kappa shape index (κ3) is 4.06. The van der Waals surface area contributed by atoms with E-state index in [2.05, 4.69) is 29.0 Å². The molecule has 21 heavy (non-hydrogen) atoms. The molecule has 6 nitrogen and oxygen atoms in total. The zero-order valence-electron chi connectivity index (χ0n) is 12.8. The van der Waals surface area contributed by atoms with Crippen LogP contribution in [0.1, 0.15) is 39.5 Å². The van der Waals surface area contributed by atoms with Gasteiger partial charge in [-0.05, 0) is 37.7 Å². The first kappa shape index (κ1) is 15.5. The van der Waals surface area contributed by atoms with Crippen LogP contribution >= 0.6 is 0 Å². The van der Waals surface area contributed by atoms with E-state index in [-0.39, 0.29) is 10.6 Å². The zero-order chi connectivity index (χ0) is 15.2. The normalized spacial score (nSPS) is 19.1. The molecule has 1 aliphatic rings. The van der Waals surface area contributed by atoms with Gasteiger partial charge in [-0.15, -0.1) is 0 Å². The quantitative estimate of drug-likeness (QED) is 0.665. The number of hydrogen-bond donors (Lipinski definition) is 1. The molecular weight excluding hydrogens is 268 g/mol. The average molecular weight is 292 g/mol. The Morgan fingerprint density at radius 2 is 2.24 bits per heavy atom. The molecule has 1 saturated heterocycles. The lowest BCUT2D eigenvalue weighted by Gasteiger charge is -2.22. The molecule has 1 aromatic rings. The van der Waals surface area contributed by atoms with Crippen molar-refractivity contribution in [1.82, 2.24) is 4.98 Å². The fourth-order valence-electron chi connectivity index (χ4n) is 2.64. The van der Waals surface area contributed by atoms with Gasteiger partial charge in [-0.1, -0.05) is 13.8 Å². The van der Waals surface area contributed by atoms with Crippen LogP contribution in [0, 0.1) is 16.0 Å². The van der Waals surface area contributed by atoms with Crippen LogP contribution in [0.2, 0.25) is 0 Å². The summed E-state index contributed by atoms with van der Waals surface area (Å²) in [5.41, 5.74) is 0.103. The van der Waals surface area contributed by atoms with E-state index in [9.17, 15) is 10.1 Å². The van der Waals surface area contributed by atoms with E-state index in [4.69, 9.17) is 0 Å². The lowest BCUT2D eigenvalue weighted by Crippen LogP contribution is -2.26. The van der Waals surface area contributed by atoms with Crippen molar-refractivity contribution in [1.29, 1.82) is 0 Å². The molecule has 1 unspecified atom stereocenters. The van der Waals surface area contributed by atoms with Crippen LogP contribution in [-0.4, -0.2) is 29.5 Å². The second-order valence-electron chi connectivity index (χ2n) is 5.75. The summed E-state index contributed by atoms with van der Waals surface area (Å²) in [6, 6.07) is 3.26. The molecule has 6 heteroatoms. The Kier molecular flexibility index (Phi) is 5.36. The first-order chi connectivity index (χ1) is 10.1. The van der Waals surface area contributed by atoms with Gasteiger partial charge in [0.05, 0.1) is 4.92 Å². The second-order valence-corrected chi connectivity index (χ2v) is 5.75. The van der Waals surface area contributed by atoms with Crippen molar-refractivity contribution >= 4 is 17.3 Å². The van der Waals surface area contributed by atoms with Gasteiger partial charge in [0.1, 0.15) is 5.82 Å². The second kappa shape index (κ2) is 7.24. The van der Waals surface area contributed by atoms with Gasteiger partial charge in [-0.3, -0.25) is 10.1 Å². The van der Waals surface area contributed by atoms with Crippen LogP contribution in [0.5, 0.6) is 0 Å². The number of aromatic nitrogens is 1. The van der Waals surface area contributed by atoms with Gasteiger partial charge in [0.25, 0.3) is 0 Å². The molecule has 2 rings (SSSR count). The summed E-state index contributed by atoms with van der Waals surface area (Å²) in [5, 5.41) is 14.5. The maximum Gasteiger partial charge on any atom is 0.311 e. The summed E-state index contributed by atoms with van der Waals surface area (Å²) in [5.74, 6) is 1.90. The van der Waals surface area contributed by atoms with Crippen LogP contribution in [-0.2, 0) is 0 Å². The minimum absolute atomic E-state index is 0.103. The molecule has 0 spiro atoms. The van der Waals surface area contributed by atoms with E-state index < -0.39 is 0 Å². The van der Waals surface area contributed by atoms with Crippen molar-refractivity contribution in [3.8, 4) is 0 Å². The SMILES string of the molecule is CCCNc1ccc([N+](=O)[O-])c(N2CCCC(C)CC2)n1. The fourth-order valence-corrected chi connectivity index (χ4v) is 2.64. The molecular formula is C15H24N4O2. The Morgan fingerprint density at radius 1 is 1.43 bits per heavy atom. The number of nitrogens with zero attached hydrogens (tertiary/aromatic N) is 3. The van der Waals surface area contributed by atoms with Crippen molar-refractivity contribution in [2.45, 2.75) is 39.5 Å². The smallest absolute Gasteiger partial charge is 0.311 e. The molecule has 1 atom stereocenters. The Labute approximate surface area is 125 Å². The Hall–Kier alpha value is -1.85. The molecule has 1 fully saturated rings. The Bertz CT molecular complexity index is 493. The summed E-state index contributed by atoms with van der Waals surface area (Å²) in [6.07, 6.45) is 4.30. The molecule has 0 radical (unpaired) electrons. The van der Waals surface area contributed by atoms with Gasteiger partial charge in [0.15, 0.2) is 0 Å². The number of hydrogen-bond acceptors (Lipinski definition) is 5. The van der Waals surface area contributed by atoms with Gasteiger partial charge in [-0.25, -0.2) is 4.98 Å². The van der Waals surface area contributed by atoms with Gasteiger partial charge in [-0.2, -0.15) is 0 Å². The summed E-state index contributed by atoms with van der Waals surface area (Å²) >= 11 is 0. The van der Waals surface area contributed by atoms with E-state index in [1.807, 2.05) is 0 Å². The van der Waals surface area contributed by atoms with Gasteiger partial charge in [0.2, 0.25) is 5.82 Å². The standard InChI is InChI=1S/C15H24N4O2/c1-3-9-16-14-7-6-13(19(20)21)15(17-14)18-10-4-5-12(2)8-11-18/h6-7,12H,3-5,8-11H2,1-2H3,(H,16,17). The molecule has 2 heterocycles. The lowest BCUT2D eigenvalue weighted by atomic mass is 10.0. The third-order valence-electron chi connectivity index (χ3n) is 3.92. The molecule has 0 aliphatic carbocycles. The van der Waals surface area contributed by atoms with E-state index in [1.165, 1.54) is 6.42 Å². The van der Waals surface area contributed by atoms with Crippen molar-refractivity contribution < 1.29 is 4.92 Å². The van der Waals surface area contributed by atoms with Crippen LogP contribution in [0.4, 0.5) is 17.3 Å². The molecule has 0 amide bonds. The highest BCUT2D eigenvalue weighted by Crippen LogP contribution is 2.30. The Balaban J connectivity index is 2.26. The third-order valence-corrected chi connectivity index (χ3v) is 3.92. The molecule has 0 bridgehead atoms. The van der Waals surface area contributed by atoms with Crippen LogP contribution in [0.15, 0.2) is 12.1 Å². The van der Waals surface area contributed by atoms with Crippen molar-refractivity contribution in [3.05, 3.63) is 22.2 Å². The monoisotopic (exact) mass is 292 g/mol. The average Bonchev–Trinajstić information content (AvgIpc) is 2.69. The predicted molar refractivity (Wildman–Crippen MR) is 84.9 cm³/mol. The molecule has 1 aromatic heterocycles. The minimum atomic E-state index is -0.333. The Morgan fingerprint density at radius 3 is 2.95 bits per heavy atom. The molecule has 0 aromatic carbocycles. The number of pyridine rings is 1.